The minimum Gasteiger partial charge on any atom is -0.494 e. The second kappa shape index (κ2) is 8.68. The number of nitrogens with one attached hydrogen (secondary N) is 2. The molecule has 3 aromatic rings. The van der Waals surface area contributed by atoms with Crippen LogP contribution in [0.1, 0.15) is 10.4 Å². The molecule has 164 valence electrons. The van der Waals surface area contributed by atoms with Crippen molar-refractivity contribution in [3.63, 3.8) is 0 Å². The van der Waals surface area contributed by atoms with E-state index in [1.165, 1.54) is 11.8 Å². The molecule has 0 aliphatic carbocycles. The Bertz CT molecular complexity index is 1160. The predicted molar refractivity (Wildman–Crippen MR) is 127 cm³/mol. The van der Waals surface area contributed by atoms with Crippen molar-refractivity contribution >= 4 is 40.7 Å². The molecule has 0 spiro atoms. The van der Waals surface area contributed by atoms with Gasteiger partial charge in [0.2, 0.25) is 5.95 Å². The van der Waals surface area contributed by atoms with Crippen LogP contribution in [0, 0.1) is 0 Å². The molecule has 2 aliphatic rings. The highest BCUT2D eigenvalue weighted by Crippen LogP contribution is 2.38. The Hall–Kier alpha value is -3.30. The van der Waals surface area contributed by atoms with Crippen molar-refractivity contribution in [2.45, 2.75) is 9.92 Å². The molecule has 5 rings (SSSR count). The number of methoxy groups -OCH3 is 1. The fraction of sp³-hybridized carbons (Fsp3) is 0.261. The minimum absolute atomic E-state index is 0.155. The van der Waals surface area contributed by atoms with Crippen LogP contribution in [-0.4, -0.2) is 61.1 Å². The number of hydrogen-bond donors (Lipinski definition) is 2. The lowest BCUT2D eigenvalue weighted by atomic mass is 10.2. The second-order valence-corrected chi connectivity index (χ2v) is 8.80. The van der Waals surface area contributed by atoms with Gasteiger partial charge in [-0.15, -0.1) is 0 Å². The molecule has 1 amide bonds. The molecule has 3 heterocycles. The highest BCUT2D eigenvalue weighted by atomic mass is 32.2. The third-order valence-electron chi connectivity index (χ3n) is 5.64. The number of anilines is 4. The smallest absolute Gasteiger partial charge is 0.256 e. The SMILES string of the molecule is COc1cc(N2CCN(C)CC2)ccc1Nc1ncc2c(n1)Sc1ccccc1C(=O)N2. The lowest BCUT2D eigenvalue weighted by Crippen LogP contribution is -2.44. The Morgan fingerprint density at radius 2 is 1.94 bits per heavy atom. The normalized spacial score (nSPS) is 15.9. The van der Waals surface area contributed by atoms with E-state index in [4.69, 9.17) is 4.74 Å². The van der Waals surface area contributed by atoms with Gasteiger partial charge < -0.3 is 25.2 Å². The van der Waals surface area contributed by atoms with Gasteiger partial charge in [0.15, 0.2) is 0 Å². The van der Waals surface area contributed by atoms with Crippen LogP contribution in [0.5, 0.6) is 5.75 Å². The molecular weight excluding hydrogens is 424 g/mol. The summed E-state index contributed by atoms with van der Waals surface area (Å²) in [5.74, 6) is 1.01. The van der Waals surface area contributed by atoms with Gasteiger partial charge in [0, 0.05) is 42.8 Å². The number of amides is 1. The molecule has 0 saturated carbocycles. The number of piperazine rings is 1. The molecule has 2 aliphatic heterocycles. The Balaban J connectivity index is 1.39. The second-order valence-electron chi connectivity index (χ2n) is 7.76. The summed E-state index contributed by atoms with van der Waals surface area (Å²) in [5.41, 5.74) is 3.15. The highest BCUT2D eigenvalue weighted by molar-refractivity contribution is 7.99. The van der Waals surface area contributed by atoms with E-state index < -0.39 is 0 Å². The first-order valence-electron chi connectivity index (χ1n) is 10.4. The van der Waals surface area contributed by atoms with E-state index in [0.29, 0.717) is 22.2 Å². The van der Waals surface area contributed by atoms with Gasteiger partial charge in [-0.3, -0.25) is 4.79 Å². The Morgan fingerprint density at radius 1 is 1.12 bits per heavy atom. The van der Waals surface area contributed by atoms with Crippen molar-refractivity contribution in [1.82, 2.24) is 14.9 Å². The van der Waals surface area contributed by atoms with E-state index in [1.807, 2.05) is 36.4 Å². The molecule has 1 aromatic heterocycles. The van der Waals surface area contributed by atoms with E-state index >= 15 is 0 Å². The summed E-state index contributed by atoms with van der Waals surface area (Å²) in [6.45, 7) is 4.07. The molecule has 0 atom stereocenters. The van der Waals surface area contributed by atoms with Crippen LogP contribution in [0.15, 0.2) is 58.6 Å². The predicted octanol–water partition coefficient (Wildman–Crippen LogP) is 3.70. The third kappa shape index (κ3) is 4.09. The number of nitrogens with zero attached hydrogens (tertiary/aromatic N) is 4. The maximum atomic E-state index is 12.5. The summed E-state index contributed by atoms with van der Waals surface area (Å²) < 4.78 is 5.65. The van der Waals surface area contributed by atoms with Crippen molar-refractivity contribution in [2.75, 3.05) is 55.9 Å². The van der Waals surface area contributed by atoms with Crippen LogP contribution >= 0.6 is 11.8 Å². The first-order valence-corrected chi connectivity index (χ1v) is 11.3. The zero-order chi connectivity index (χ0) is 22.1. The summed E-state index contributed by atoms with van der Waals surface area (Å²) in [6.07, 6.45) is 1.63. The topological polar surface area (TPSA) is 82.6 Å². The summed E-state index contributed by atoms with van der Waals surface area (Å²) in [6, 6.07) is 13.6. The molecule has 2 aromatic carbocycles. The molecule has 1 saturated heterocycles. The monoisotopic (exact) mass is 448 g/mol. The van der Waals surface area contributed by atoms with Crippen molar-refractivity contribution in [3.8, 4) is 5.75 Å². The van der Waals surface area contributed by atoms with Gasteiger partial charge >= 0.3 is 0 Å². The number of carbonyl (C=O) groups is 1. The van der Waals surface area contributed by atoms with Crippen LogP contribution in [0.3, 0.4) is 0 Å². The first kappa shape index (κ1) is 20.6. The third-order valence-corrected chi connectivity index (χ3v) is 6.72. The number of aromatic nitrogens is 2. The number of benzene rings is 2. The largest absolute Gasteiger partial charge is 0.494 e. The van der Waals surface area contributed by atoms with Crippen molar-refractivity contribution in [2.24, 2.45) is 0 Å². The van der Waals surface area contributed by atoms with E-state index in [-0.39, 0.29) is 5.91 Å². The minimum atomic E-state index is -0.155. The lowest BCUT2D eigenvalue weighted by molar-refractivity contribution is 0.102. The van der Waals surface area contributed by atoms with Gasteiger partial charge in [-0.1, -0.05) is 23.9 Å². The summed E-state index contributed by atoms with van der Waals surface area (Å²) in [4.78, 5) is 27.1. The van der Waals surface area contributed by atoms with Crippen molar-refractivity contribution < 1.29 is 9.53 Å². The summed E-state index contributed by atoms with van der Waals surface area (Å²) >= 11 is 1.45. The molecular formula is C23H24N6O2S. The Labute approximate surface area is 191 Å². The van der Waals surface area contributed by atoms with Crippen LogP contribution in [0.4, 0.5) is 23.0 Å². The first-order chi connectivity index (χ1) is 15.6. The Morgan fingerprint density at radius 3 is 2.75 bits per heavy atom. The number of fused-ring (bicyclic) bond motifs is 2. The van der Waals surface area contributed by atoms with E-state index in [2.05, 4.69) is 43.5 Å². The molecule has 9 heteroatoms. The van der Waals surface area contributed by atoms with E-state index in [9.17, 15) is 4.79 Å². The lowest BCUT2D eigenvalue weighted by Gasteiger charge is -2.34. The van der Waals surface area contributed by atoms with Crippen LogP contribution in [-0.2, 0) is 0 Å². The fourth-order valence-corrected chi connectivity index (χ4v) is 4.76. The summed E-state index contributed by atoms with van der Waals surface area (Å²) in [5, 5.41) is 6.85. The fourth-order valence-electron chi connectivity index (χ4n) is 3.79. The molecule has 0 radical (unpaired) electrons. The van der Waals surface area contributed by atoms with Crippen molar-refractivity contribution in [1.29, 1.82) is 0 Å². The van der Waals surface area contributed by atoms with Gasteiger partial charge in [-0.2, -0.15) is 0 Å². The molecule has 2 N–H and O–H groups in total. The maximum Gasteiger partial charge on any atom is 0.256 e. The standard InChI is InChI=1S/C23H24N6O2S/c1-28-9-11-29(12-10-28)15-7-8-17(19(13-15)31-2)26-23-24-14-18-22(27-23)32-20-6-4-3-5-16(20)21(30)25-18/h3-8,13-14H,9-12H2,1-2H3,(H,25,30)(H,24,26,27). The number of carbonyl (C=O) groups excluding carboxylic acids is 1. The molecule has 0 bridgehead atoms. The number of likely N-dealkylation sites (N-methyl/N-ethyl adjacent to an activating group) is 1. The van der Waals surface area contributed by atoms with Crippen molar-refractivity contribution in [3.05, 3.63) is 54.2 Å². The zero-order valence-electron chi connectivity index (χ0n) is 18.0. The maximum absolute atomic E-state index is 12.5. The zero-order valence-corrected chi connectivity index (χ0v) is 18.8. The quantitative estimate of drug-likeness (QED) is 0.585. The number of ether oxygens (including phenoxy) is 1. The van der Waals surface area contributed by atoms with Crippen LogP contribution < -0.4 is 20.3 Å². The highest BCUT2D eigenvalue weighted by Gasteiger charge is 2.22. The average Bonchev–Trinajstić information content (AvgIpc) is 2.95. The molecule has 8 nitrogen and oxygen atoms in total. The van der Waals surface area contributed by atoms with E-state index in [0.717, 1.165) is 48.2 Å². The Kier molecular flexibility index (Phi) is 5.59. The van der Waals surface area contributed by atoms with E-state index in [1.54, 1.807) is 13.3 Å². The van der Waals surface area contributed by atoms with Gasteiger partial charge in [0.1, 0.15) is 10.8 Å². The number of rotatable bonds is 4. The number of hydrogen-bond acceptors (Lipinski definition) is 8. The molecule has 1 fully saturated rings. The van der Waals surface area contributed by atoms with Gasteiger partial charge in [-0.05, 0) is 31.3 Å². The van der Waals surface area contributed by atoms with Gasteiger partial charge in [0.25, 0.3) is 5.91 Å². The van der Waals surface area contributed by atoms with Gasteiger partial charge in [-0.25, -0.2) is 9.97 Å². The average molecular weight is 449 g/mol. The molecule has 32 heavy (non-hydrogen) atoms. The molecule has 0 unspecified atom stereocenters. The van der Waals surface area contributed by atoms with Crippen LogP contribution in [0.25, 0.3) is 0 Å². The van der Waals surface area contributed by atoms with Gasteiger partial charge in [0.05, 0.1) is 30.2 Å². The van der Waals surface area contributed by atoms with Crippen LogP contribution in [0.2, 0.25) is 0 Å². The summed E-state index contributed by atoms with van der Waals surface area (Å²) in [7, 11) is 3.81.